The highest BCUT2D eigenvalue weighted by Gasteiger charge is 2.28. The number of nitrogens with one attached hydrogen (secondary N) is 2. The highest BCUT2D eigenvalue weighted by atomic mass is 19.4. The quantitative estimate of drug-likeness (QED) is 0.364. The molecule has 0 aromatic heterocycles. The molecule has 0 radical (unpaired) electrons. The summed E-state index contributed by atoms with van der Waals surface area (Å²) in [4.78, 5) is 5.30. The Morgan fingerprint density at radius 2 is 1.96 bits per heavy atom. The van der Waals surface area contributed by atoms with Gasteiger partial charge in [-0.05, 0) is 25.6 Å². The fourth-order valence-corrected chi connectivity index (χ4v) is 2.33. The number of hydrogen-bond acceptors (Lipinski definition) is 4. The Labute approximate surface area is 158 Å². The SMILES string of the molecule is CN=C(NCCN(C)CC(F)(F)F)NCc1ccc(C)cc1OCCOC. The maximum absolute atomic E-state index is 12.3. The van der Waals surface area contributed by atoms with Crippen LogP contribution in [0.5, 0.6) is 5.75 Å². The summed E-state index contributed by atoms with van der Waals surface area (Å²) in [6.07, 6.45) is -4.20. The van der Waals surface area contributed by atoms with Crippen molar-refractivity contribution in [3.8, 4) is 5.75 Å². The van der Waals surface area contributed by atoms with Crippen LogP contribution in [0.3, 0.4) is 0 Å². The highest BCUT2D eigenvalue weighted by Crippen LogP contribution is 2.20. The summed E-state index contributed by atoms with van der Waals surface area (Å²) in [6.45, 7) is 3.06. The second-order valence-corrected chi connectivity index (χ2v) is 6.16. The van der Waals surface area contributed by atoms with Crippen LogP contribution in [-0.4, -0.2) is 71.1 Å². The molecule has 0 spiro atoms. The number of benzene rings is 1. The average Bonchev–Trinajstić information content (AvgIpc) is 2.58. The van der Waals surface area contributed by atoms with Crippen molar-refractivity contribution < 1.29 is 22.6 Å². The van der Waals surface area contributed by atoms with Crippen LogP contribution in [0.15, 0.2) is 23.2 Å². The topological polar surface area (TPSA) is 58.1 Å². The first kappa shape index (κ1) is 23.0. The van der Waals surface area contributed by atoms with Gasteiger partial charge in [0.2, 0.25) is 0 Å². The van der Waals surface area contributed by atoms with Gasteiger partial charge >= 0.3 is 6.18 Å². The molecule has 0 atom stereocenters. The smallest absolute Gasteiger partial charge is 0.401 e. The third kappa shape index (κ3) is 10.0. The van der Waals surface area contributed by atoms with E-state index in [1.54, 1.807) is 14.2 Å². The van der Waals surface area contributed by atoms with Crippen molar-refractivity contribution in [1.82, 2.24) is 15.5 Å². The molecule has 6 nitrogen and oxygen atoms in total. The molecule has 0 aliphatic heterocycles. The van der Waals surface area contributed by atoms with Crippen LogP contribution in [0.25, 0.3) is 0 Å². The van der Waals surface area contributed by atoms with Gasteiger partial charge in [-0.1, -0.05) is 12.1 Å². The van der Waals surface area contributed by atoms with Crippen molar-refractivity contribution in [2.24, 2.45) is 4.99 Å². The minimum Gasteiger partial charge on any atom is -0.491 e. The van der Waals surface area contributed by atoms with Crippen LogP contribution in [0.4, 0.5) is 13.2 Å². The molecule has 9 heteroatoms. The van der Waals surface area contributed by atoms with E-state index in [9.17, 15) is 13.2 Å². The zero-order valence-corrected chi connectivity index (χ0v) is 16.3. The second kappa shape index (κ2) is 11.7. The Kier molecular flexibility index (Phi) is 9.95. The number of methoxy groups -OCH3 is 1. The maximum Gasteiger partial charge on any atom is 0.401 e. The largest absolute Gasteiger partial charge is 0.491 e. The summed E-state index contributed by atoms with van der Waals surface area (Å²) in [6, 6.07) is 5.91. The molecule has 0 fully saturated rings. The molecule has 0 saturated carbocycles. The molecule has 0 amide bonds. The zero-order valence-electron chi connectivity index (χ0n) is 16.3. The molecule has 0 unspecified atom stereocenters. The summed E-state index contributed by atoms with van der Waals surface area (Å²) in [7, 11) is 4.66. The lowest BCUT2D eigenvalue weighted by atomic mass is 10.1. The van der Waals surface area contributed by atoms with E-state index < -0.39 is 12.7 Å². The van der Waals surface area contributed by atoms with Crippen LogP contribution in [-0.2, 0) is 11.3 Å². The molecular weight excluding hydrogens is 361 g/mol. The van der Waals surface area contributed by atoms with E-state index >= 15 is 0 Å². The number of aryl methyl sites for hydroxylation is 1. The third-order valence-corrected chi connectivity index (χ3v) is 3.67. The van der Waals surface area contributed by atoms with Gasteiger partial charge in [-0.3, -0.25) is 9.89 Å². The summed E-state index contributed by atoms with van der Waals surface area (Å²) in [5.41, 5.74) is 2.04. The minimum atomic E-state index is -4.20. The van der Waals surface area contributed by atoms with E-state index in [1.807, 2.05) is 25.1 Å². The van der Waals surface area contributed by atoms with E-state index in [1.165, 1.54) is 11.9 Å². The molecule has 1 aromatic carbocycles. The summed E-state index contributed by atoms with van der Waals surface area (Å²) < 4.78 is 47.7. The van der Waals surface area contributed by atoms with Gasteiger partial charge in [0.15, 0.2) is 5.96 Å². The first-order valence-electron chi connectivity index (χ1n) is 8.66. The molecule has 0 heterocycles. The van der Waals surface area contributed by atoms with E-state index in [2.05, 4.69) is 15.6 Å². The number of likely N-dealkylation sites (N-methyl/N-ethyl adjacent to an activating group) is 1. The average molecular weight is 390 g/mol. The second-order valence-electron chi connectivity index (χ2n) is 6.16. The molecule has 154 valence electrons. The Morgan fingerprint density at radius 1 is 1.22 bits per heavy atom. The van der Waals surface area contributed by atoms with Crippen LogP contribution in [0.2, 0.25) is 0 Å². The van der Waals surface area contributed by atoms with E-state index in [-0.39, 0.29) is 6.54 Å². The molecule has 27 heavy (non-hydrogen) atoms. The molecule has 0 saturated heterocycles. The van der Waals surface area contributed by atoms with Gasteiger partial charge in [-0.25, -0.2) is 0 Å². The predicted molar refractivity (Wildman–Crippen MR) is 100 cm³/mol. The van der Waals surface area contributed by atoms with Gasteiger partial charge in [0.1, 0.15) is 12.4 Å². The standard InChI is InChI=1S/C18H29F3N4O2/c1-14-5-6-15(16(11-14)27-10-9-26-4)12-24-17(22-2)23-7-8-25(3)13-18(19,20)21/h5-6,11H,7-10,12-13H2,1-4H3,(H2,22,23,24). The van der Waals surface area contributed by atoms with Crippen molar-refractivity contribution in [2.45, 2.75) is 19.6 Å². The lowest BCUT2D eigenvalue weighted by molar-refractivity contribution is -0.142. The van der Waals surface area contributed by atoms with Crippen molar-refractivity contribution >= 4 is 5.96 Å². The molecule has 0 aliphatic rings. The van der Waals surface area contributed by atoms with Crippen LogP contribution >= 0.6 is 0 Å². The van der Waals surface area contributed by atoms with Crippen molar-refractivity contribution in [3.05, 3.63) is 29.3 Å². The van der Waals surface area contributed by atoms with Gasteiger partial charge in [-0.15, -0.1) is 0 Å². The predicted octanol–water partition coefficient (Wildman–Crippen LogP) is 2.18. The van der Waals surface area contributed by atoms with Crippen LogP contribution in [0.1, 0.15) is 11.1 Å². The fraction of sp³-hybridized carbons (Fsp3) is 0.611. The van der Waals surface area contributed by atoms with Gasteiger partial charge < -0.3 is 20.1 Å². The lowest BCUT2D eigenvalue weighted by Crippen LogP contribution is -2.42. The summed E-state index contributed by atoms with van der Waals surface area (Å²) in [5.74, 6) is 1.28. The Morgan fingerprint density at radius 3 is 2.59 bits per heavy atom. The number of rotatable bonds is 10. The number of nitrogens with zero attached hydrogens (tertiary/aromatic N) is 2. The van der Waals surface area contributed by atoms with Crippen LogP contribution in [0, 0.1) is 6.92 Å². The normalized spacial score (nSPS) is 12.4. The van der Waals surface area contributed by atoms with Crippen molar-refractivity contribution in [3.63, 3.8) is 0 Å². The van der Waals surface area contributed by atoms with Crippen molar-refractivity contribution in [2.75, 3.05) is 54.1 Å². The van der Waals surface area contributed by atoms with E-state index in [4.69, 9.17) is 9.47 Å². The van der Waals surface area contributed by atoms with Gasteiger partial charge in [-0.2, -0.15) is 13.2 Å². The highest BCUT2D eigenvalue weighted by molar-refractivity contribution is 5.79. The fourth-order valence-electron chi connectivity index (χ4n) is 2.33. The number of ether oxygens (including phenoxy) is 2. The molecular formula is C18H29F3N4O2. The monoisotopic (exact) mass is 390 g/mol. The number of aliphatic imine (C=N–C) groups is 1. The lowest BCUT2D eigenvalue weighted by Gasteiger charge is -2.20. The maximum atomic E-state index is 12.3. The number of guanidine groups is 1. The van der Waals surface area contributed by atoms with Crippen molar-refractivity contribution in [1.29, 1.82) is 0 Å². The Hall–Kier alpha value is -2.00. The molecule has 0 aliphatic carbocycles. The third-order valence-electron chi connectivity index (χ3n) is 3.67. The molecule has 0 bridgehead atoms. The number of alkyl halides is 3. The van der Waals surface area contributed by atoms with Gasteiger partial charge in [0, 0.05) is 39.4 Å². The first-order chi connectivity index (χ1) is 12.7. The van der Waals surface area contributed by atoms with Gasteiger partial charge in [0.25, 0.3) is 0 Å². The van der Waals surface area contributed by atoms with E-state index in [0.717, 1.165) is 16.9 Å². The number of halogens is 3. The zero-order chi connectivity index (χ0) is 20.3. The molecule has 2 N–H and O–H groups in total. The Balaban J connectivity index is 2.50. The number of hydrogen-bond donors (Lipinski definition) is 2. The first-order valence-corrected chi connectivity index (χ1v) is 8.66. The van der Waals surface area contributed by atoms with Crippen LogP contribution < -0.4 is 15.4 Å². The molecule has 1 aromatic rings. The summed E-state index contributed by atoms with van der Waals surface area (Å²) >= 11 is 0. The van der Waals surface area contributed by atoms with Gasteiger partial charge in [0.05, 0.1) is 13.2 Å². The summed E-state index contributed by atoms with van der Waals surface area (Å²) in [5, 5.41) is 6.15. The minimum absolute atomic E-state index is 0.246. The Bertz CT molecular complexity index is 594. The molecule has 1 rings (SSSR count). The van der Waals surface area contributed by atoms with E-state index in [0.29, 0.717) is 32.3 Å².